The molecule has 0 aliphatic carbocycles. The van der Waals surface area contributed by atoms with Crippen LogP contribution >= 0.6 is 0 Å². The molecule has 1 saturated heterocycles. The van der Waals surface area contributed by atoms with Gasteiger partial charge in [0.2, 0.25) is 0 Å². The molecule has 4 nitrogen and oxygen atoms in total. The highest BCUT2D eigenvalue weighted by atomic mass is 16.5. The van der Waals surface area contributed by atoms with Crippen molar-refractivity contribution in [1.82, 2.24) is 0 Å². The Kier molecular flexibility index (Phi) is 2.60. The number of carbonyl (C=O) groups is 1. The topological polar surface area (TPSA) is 55.6 Å². The van der Waals surface area contributed by atoms with Crippen LogP contribution in [0, 0.1) is 6.92 Å². The molecule has 1 aliphatic heterocycles. The molecule has 15 heavy (non-hydrogen) atoms. The van der Waals surface area contributed by atoms with Gasteiger partial charge in [-0.2, -0.15) is 0 Å². The first-order valence-corrected chi connectivity index (χ1v) is 4.93. The second-order valence-electron chi connectivity index (χ2n) is 3.64. The Morgan fingerprint density at radius 2 is 2.27 bits per heavy atom. The highest BCUT2D eigenvalue weighted by Gasteiger charge is 2.20. The predicted molar refractivity (Wildman–Crippen MR) is 58.8 cm³/mol. The molecule has 2 N–H and O–H groups in total. The smallest absolute Gasteiger partial charge is 0.253 e. The lowest BCUT2D eigenvalue weighted by Gasteiger charge is -2.27. The summed E-state index contributed by atoms with van der Waals surface area (Å²) in [6.07, 6.45) is 0. The summed E-state index contributed by atoms with van der Waals surface area (Å²) in [5, 5.41) is 0. The summed E-state index contributed by atoms with van der Waals surface area (Å²) in [6, 6.07) is 5.62. The Balaban J connectivity index is 2.28. The van der Waals surface area contributed by atoms with Crippen molar-refractivity contribution in [2.24, 2.45) is 0 Å². The standard InChI is InChI=1S/C11H14N2O2/c1-8-6-9(2-3-10(8)12)13-4-5-15-7-11(13)14/h2-3,6H,4-5,7,12H2,1H3. The highest BCUT2D eigenvalue weighted by molar-refractivity contribution is 5.95. The molecule has 0 aromatic heterocycles. The molecule has 1 amide bonds. The number of nitrogens with zero attached hydrogens (tertiary/aromatic N) is 1. The highest BCUT2D eigenvalue weighted by Crippen LogP contribution is 2.21. The Hall–Kier alpha value is -1.55. The number of ether oxygens (including phenoxy) is 1. The molecule has 2 rings (SSSR count). The normalized spacial score (nSPS) is 16.9. The van der Waals surface area contributed by atoms with E-state index in [-0.39, 0.29) is 12.5 Å². The summed E-state index contributed by atoms with van der Waals surface area (Å²) in [5.74, 6) is 0.00502. The molecule has 0 unspecified atom stereocenters. The molecule has 0 atom stereocenters. The van der Waals surface area contributed by atoms with Gasteiger partial charge in [-0.25, -0.2) is 0 Å². The molecule has 4 heteroatoms. The van der Waals surface area contributed by atoms with E-state index in [2.05, 4.69) is 0 Å². The third-order valence-electron chi connectivity index (χ3n) is 2.55. The fourth-order valence-electron chi connectivity index (χ4n) is 1.62. The van der Waals surface area contributed by atoms with E-state index < -0.39 is 0 Å². The van der Waals surface area contributed by atoms with Crippen LogP contribution in [-0.2, 0) is 9.53 Å². The summed E-state index contributed by atoms with van der Waals surface area (Å²) < 4.78 is 5.07. The molecular formula is C11H14N2O2. The summed E-state index contributed by atoms with van der Waals surface area (Å²) in [5.41, 5.74) is 8.36. The minimum Gasteiger partial charge on any atom is -0.399 e. The van der Waals surface area contributed by atoms with Crippen molar-refractivity contribution in [3.05, 3.63) is 23.8 Å². The monoisotopic (exact) mass is 206 g/mol. The van der Waals surface area contributed by atoms with Crippen LogP contribution in [0.4, 0.5) is 11.4 Å². The number of rotatable bonds is 1. The fourth-order valence-corrected chi connectivity index (χ4v) is 1.62. The van der Waals surface area contributed by atoms with Gasteiger partial charge in [-0.1, -0.05) is 0 Å². The third-order valence-corrected chi connectivity index (χ3v) is 2.55. The molecule has 80 valence electrons. The van der Waals surface area contributed by atoms with Gasteiger partial charge in [0.15, 0.2) is 0 Å². The summed E-state index contributed by atoms with van der Waals surface area (Å²) >= 11 is 0. The Morgan fingerprint density at radius 1 is 1.47 bits per heavy atom. The number of nitrogens with two attached hydrogens (primary N) is 1. The maximum atomic E-state index is 11.6. The Labute approximate surface area is 88.6 Å². The van der Waals surface area contributed by atoms with Crippen LogP contribution in [-0.4, -0.2) is 25.7 Å². The van der Waals surface area contributed by atoms with Crippen molar-refractivity contribution in [3.63, 3.8) is 0 Å². The van der Waals surface area contributed by atoms with Gasteiger partial charge in [0.25, 0.3) is 5.91 Å². The first-order chi connectivity index (χ1) is 7.18. The number of amides is 1. The van der Waals surface area contributed by atoms with Crippen molar-refractivity contribution < 1.29 is 9.53 Å². The number of benzene rings is 1. The lowest BCUT2D eigenvalue weighted by Crippen LogP contribution is -2.41. The SMILES string of the molecule is Cc1cc(N2CCOCC2=O)ccc1N. The molecule has 1 heterocycles. The van der Waals surface area contributed by atoms with Gasteiger partial charge >= 0.3 is 0 Å². The quantitative estimate of drug-likeness (QED) is 0.696. The molecule has 0 radical (unpaired) electrons. The van der Waals surface area contributed by atoms with Gasteiger partial charge in [0, 0.05) is 17.9 Å². The van der Waals surface area contributed by atoms with E-state index in [0.717, 1.165) is 16.9 Å². The van der Waals surface area contributed by atoms with Gasteiger partial charge in [0.05, 0.1) is 6.61 Å². The van der Waals surface area contributed by atoms with E-state index in [4.69, 9.17) is 10.5 Å². The maximum Gasteiger partial charge on any atom is 0.253 e. The lowest BCUT2D eigenvalue weighted by molar-refractivity contribution is -0.125. The lowest BCUT2D eigenvalue weighted by atomic mass is 10.1. The van der Waals surface area contributed by atoms with Crippen molar-refractivity contribution in [3.8, 4) is 0 Å². The van der Waals surface area contributed by atoms with E-state index in [1.807, 2.05) is 25.1 Å². The molecule has 1 aromatic rings. The first kappa shape index (κ1) is 9.98. The van der Waals surface area contributed by atoms with Gasteiger partial charge in [0.1, 0.15) is 6.61 Å². The Bertz CT molecular complexity index is 390. The maximum absolute atomic E-state index is 11.6. The molecule has 0 saturated carbocycles. The molecule has 1 fully saturated rings. The van der Waals surface area contributed by atoms with Gasteiger partial charge in [-0.05, 0) is 30.7 Å². The van der Waals surface area contributed by atoms with E-state index in [1.54, 1.807) is 4.90 Å². The van der Waals surface area contributed by atoms with E-state index >= 15 is 0 Å². The second-order valence-corrected chi connectivity index (χ2v) is 3.64. The van der Waals surface area contributed by atoms with Crippen LogP contribution in [0.1, 0.15) is 5.56 Å². The van der Waals surface area contributed by atoms with Crippen molar-refractivity contribution in [1.29, 1.82) is 0 Å². The van der Waals surface area contributed by atoms with Crippen LogP contribution in [0.3, 0.4) is 0 Å². The molecule has 1 aromatic carbocycles. The number of aryl methyl sites for hydroxylation is 1. The fraction of sp³-hybridized carbons (Fsp3) is 0.364. The van der Waals surface area contributed by atoms with Gasteiger partial charge in [-0.15, -0.1) is 0 Å². The van der Waals surface area contributed by atoms with E-state index in [0.29, 0.717) is 13.2 Å². The zero-order chi connectivity index (χ0) is 10.8. The van der Waals surface area contributed by atoms with Crippen LogP contribution in [0.5, 0.6) is 0 Å². The predicted octanol–water partition coefficient (Wildman–Crippen LogP) is 0.940. The molecule has 1 aliphatic rings. The van der Waals surface area contributed by atoms with Crippen molar-refractivity contribution in [2.45, 2.75) is 6.92 Å². The van der Waals surface area contributed by atoms with E-state index in [9.17, 15) is 4.79 Å². The first-order valence-electron chi connectivity index (χ1n) is 4.93. The number of anilines is 2. The van der Waals surface area contributed by atoms with Crippen LogP contribution < -0.4 is 10.6 Å². The molecule has 0 spiro atoms. The number of carbonyl (C=O) groups excluding carboxylic acids is 1. The van der Waals surface area contributed by atoms with Gasteiger partial charge in [-0.3, -0.25) is 4.79 Å². The summed E-state index contributed by atoms with van der Waals surface area (Å²) in [7, 11) is 0. The summed E-state index contributed by atoms with van der Waals surface area (Å²) in [4.78, 5) is 13.3. The minimum absolute atomic E-state index is 0.00502. The third kappa shape index (κ3) is 1.94. The average molecular weight is 206 g/mol. The minimum atomic E-state index is 0.00502. The molecule has 0 bridgehead atoms. The largest absolute Gasteiger partial charge is 0.399 e. The number of hydrogen-bond acceptors (Lipinski definition) is 3. The van der Waals surface area contributed by atoms with Gasteiger partial charge < -0.3 is 15.4 Å². The number of morpholine rings is 1. The average Bonchev–Trinajstić information content (AvgIpc) is 2.23. The zero-order valence-electron chi connectivity index (χ0n) is 8.69. The van der Waals surface area contributed by atoms with Crippen molar-refractivity contribution in [2.75, 3.05) is 30.4 Å². The van der Waals surface area contributed by atoms with Crippen molar-refractivity contribution >= 4 is 17.3 Å². The Morgan fingerprint density at radius 3 is 2.93 bits per heavy atom. The zero-order valence-corrected chi connectivity index (χ0v) is 8.69. The second kappa shape index (κ2) is 3.90. The van der Waals surface area contributed by atoms with Crippen LogP contribution in [0.25, 0.3) is 0 Å². The number of nitrogen functional groups attached to an aromatic ring is 1. The van der Waals surface area contributed by atoms with Crippen LogP contribution in [0.15, 0.2) is 18.2 Å². The van der Waals surface area contributed by atoms with Crippen LogP contribution in [0.2, 0.25) is 0 Å². The van der Waals surface area contributed by atoms with E-state index in [1.165, 1.54) is 0 Å². The summed E-state index contributed by atoms with van der Waals surface area (Å²) in [6.45, 7) is 3.31. The number of hydrogen-bond donors (Lipinski definition) is 1. The molecular weight excluding hydrogens is 192 g/mol.